The summed E-state index contributed by atoms with van der Waals surface area (Å²) in [5, 5.41) is 10.6. The van der Waals surface area contributed by atoms with Gasteiger partial charge in [0.15, 0.2) is 0 Å². The van der Waals surface area contributed by atoms with Gasteiger partial charge in [-0.15, -0.1) is 11.3 Å². The first-order chi connectivity index (χ1) is 7.65. The molecule has 0 fully saturated rings. The molecule has 2 rings (SSSR count). The Kier molecular flexibility index (Phi) is 2.59. The monoisotopic (exact) mass is 236 g/mol. The predicted molar refractivity (Wildman–Crippen MR) is 58.8 cm³/mol. The SMILES string of the molecule is N#Cc1c(-c2c(F)cccc2F)csc1N. The van der Waals surface area contributed by atoms with Crippen molar-refractivity contribution in [3.63, 3.8) is 0 Å². The van der Waals surface area contributed by atoms with Gasteiger partial charge in [0.2, 0.25) is 0 Å². The number of rotatable bonds is 1. The average molecular weight is 236 g/mol. The highest BCUT2D eigenvalue weighted by Crippen LogP contribution is 2.35. The average Bonchev–Trinajstić information content (AvgIpc) is 2.59. The van der Waals surface area contributed by atoms with Crippen LogP contribution in [-0.4, -0.2) is 0 Å². The fourth-order valence-corrected chi connectivity index (χ4v) is 2.18. The Morgan fingerprint density at radius 2 is 1.88 bits per heavy atom. The van der Waals surface area contributed by atoms with Crippen molar-refractivity contribution in [3.8, 4) is 17.2 Å². The van der Waals surface area contributed by atoms with Crippen LogP contribution in [0.2, 0.25) is 0 Å². The molecule has 0 unspecified atom stereocenters. The van der Waals surface area contributed by atoms with Gasteiger partial charge in [0, 0.05) is 10.9 Å². The third kappa shape index (κ3) is 1.53. The smallest absolute Gasteiger partial charge is 0.134 e. The summed E-state index contributed by atoms with van der Waals surface area (Å²) in [4.78, 5) is 0. The molecule has 0 atom stereocenters. The van der Waals surface area contributed by atoms with Gasteiger partial charge in [-0.25, -0.2) is 8.78 Å². The van der Waals surface area contributed by atoms with E-state index in [1.807, 2.05) is 6.07 Å². The van der Waals surface area contributed by atoms with E-state index in [9.17, 15) is 8.78 Å². The van der Waals surface area contributed by atoms with Crippen LogP contribution >= 0.6 is 11.3 Å². The van der Waals surface area contributed by atoms with E-state index >= 15 is 0 Å². The zero-order chi connectivity index (χ0) is 11.7. The van der Waals surface area contributed by atoms with Crippen LogP contribution in [0.1, 0.15) is 5.56 Å². The van der Waals surface area contributed by atoms with E-state index in [-0.39, 0.29) is 21.7 Å². The Hall–Kier alpha value is -1.93. The van der Waals surface area contributed by atoms with Gasteiger partial charge < -0.3 is 5.73 Å². The number of hydrogen-bond acceptors (Lipinski definition) is 3. The molecule has 2 N–H and O–H groups in total. The van der Waals surface area contributed by atoms with Crippen LogP contribution in [-0.2, 0) is 0 Å². The van der Waals surface area contributed by atoms with Crippen molar-refractivity contribution in [2.24, 2.45) is 0 Å². The highest BCUT2D eigenvalue weighted by molar-refractivity contribution is 7.14. The van der Waals surface area contributed by atoms with Crippen LogP contribution in [0.3, 0.4) is 0 Å². The normalized spacial score (nSPS) is 10.1. The first kappa shape index (κ1) is 10.6. The summed E-state index contributed by atoms with van der Waals surface area (Å²) in [6.45, 7) is 0. The third-order valence-electron chi connectivity index (χ3n) is 2.16. The van der Waals surface area contributed by atoms with Gasteiger partial charge in [0.1, 0.15) is 22.7 Å². The minimum atomic E-state index is -0.700. The minimum Gasteiger partial charge on any atom is -0.389 e. The van der Waals surface area contributed by atoms with E-state index in [1.165, 1.54) is 11.4 Å². The highest BCUT2D eigenvalue weighted by atomic mass is 32.1. The molecule has 2 nitrogen and oxygen atoms in total. The lowest BCUT2D eigenvalue weighted by atomic mass is 10.0. The lowest BCUT2D eigenvalue weighted by Gasteiger charge is -2.02. The molecule has 1 heterocycles. The molecule has 0 spiro atoms. The zero-order valence-corrected chi connectivity index (χ0v) is 8.81. The predicted octanol–water partition coefficient (Wildman–Crippen LogP) is 3.15. The lowest BCUT2D eigenvalue weighted by Crippen LogP contribution is -1.91. The summed E-state index contributed by atoms with van der Waals surface area (Å²) in [7, 11) is 0. The molecule has 0 saturated carbocycles. The molecule has 0 aliphatic rings. The Balaban J connectivity index is 2.74. The number of nitrogen functional groups attached to an aromatic ring is 1. The quantitative estimate of drug-likeness (QED) is 0.826. The lowest BCUT2D eigenvalue weighted by molar-refractivity contribution is 0.589. The maximum atomic E-state index is 13.5. The molecular weight excluding hydrogens is 230 g/mol. The fraction of sp³-hybridized carbons (Fsp3) is 0. The van der Waals surface area contributed by atoms with Crippen molar-refractivity contribution in [2.45, 2.75) is 0 Å². The second-order valence-electron chi connectivity index (χ2n) is 3.10. The van der Waals surface area contributed by atoms with E-state index < -0.39 is 11.6 Å². The third-order valence-corrected chi connectivity index (χ3v) is 2.97. The van der Waals surface area contributed by atoms with Crippen LogP contribution in [0.15, 0.2) is 23.6 Å². The summed E-state index contributed by atoms with van der Waals surface area (Å²) < 4.78 is 27.0. The maximum absolute atomic E-state index is 13.5. The van der Waals surface area contributed by atoms with Gasteiger partial charge in [-0.1, -0.05) is 6.07 Å². The Morgan fingerprint density at radius 1 is 1.25 bits per heavy atom. The number of anilines is 1. The first-order valence-corrected chi connectivity index (χ1v) is 5.24. The van der Waals surface area contributed by atoms with Crippen molar-refractivity contribution in [3.05, 3.63) is 40.8 Å². The summed E-state index contributed by atoms with van der Waals surface area (Å²) in [6, 6.07) is 5.42. The maximum Gasteiger partial charge on any atom is 0.134 e. The van der Waals surface area contributed by atoms with E-state index in [4.69, 9.17) is 11.0 Å². The minimum absolute atomic E-state index is 0.119. The van der Waals surface area contributed by atoms with Gasteiger partial charge in [-0.3, -0.25) is 0 Å². The Labute approximate surface area is 94.6 Å². The molecule has 0 bridgehead atoms. The number of benzene rings is 1. The second-order valence-corrected chi connectivity index (χ2v) is 4.01. The Morgan fingerprint density at radius 3 is 2.44 bits per heavy atom. The summed E-state index contributed by atoms with van der Waals surface area (Å²) in [6.07, 6.45) is 0. The van der Waals surface area contributed by atoms with Crippen LogP contribution < -0.4 is 5.73 Å². The van der Waals surface area contributed by atoms with Crippen molar-refractivity contribution >= 4 is 16.3 Å². The van der Waals surface area contributed by atoms with E-state index in [0.717, 1.165) is 23.5 Å². The van der Waals surface area contributed by atoms with E-state index in [1.54, 1.807) is 0 Å². The molecule has 16 heavy (non-hydrogen) atoms. The molecule has 0 amide bonds. The molecule has 5 heteroatoms. The summed E-state index contributed by atoms with van der Waals surface area (Å²) in [5.41, 5.74) is 5.67. The van der Waals surface area contributed by atoms with Gasteiger partial charge >= 0.3 is 0 Å². The number of nitrogens with two attached hydrogens (primary N) is 1. The van der Waals surface area contributed by atoms with Crippen LogP contribution in [0, 0.1) is 23.0 Å². The fourth-order valence-electron chi connectivity index (χ4n) is 1.43. The number of halogens is 2. The number of nitrogens with zero attached hydrogens (tertiary/aromatic N) is 1. The molecule has 0 radical (unpaired) electrons. The molecule has 2 aromatic rings. The second kappa shape index (κ2) is 3.91. The zero-order valence-electron chi connectivity index (χ0n) is 8.00. The van der Waals surface area contributed by atoms with Gasteiger partial charge in [-0.05, 0) is 12.1 Å². The molecule has 80 valence electrons. The topological polar surface area (TPSA) is 49.8 Å². The summed E-state index contributed by atoms with van der Waals surface area (Å²) >= 11 is 1.09. The van der Waals surface area contributed by atoms with Crippen molar-refractivity contribution in [1.29, 1.82) is 5.26 Å². The number of hydrogen-bond donors (Lipinski definition) is 1. The van der Waals surface area contributed by atoms with E-state index in [0.29, 0.717) is 0 Å². The van der Waals surface area contributed by atoms with Crippen LogP contribution in [0.25, 0.3) is 11.1 Å². The molecule has 1 aromatic carbocycles. The van der Waals surface area contributed by atoms with Crippen LogP contribution in [0.4, 0.5) is 13.8 Å². The van der Waals surface area contributed by atoms with Crippen molar-refractivity contribution < 1.29 is 8.78 Å². The molecule has 0 aliphatic heterocycles. The number of thiophene rings is 1. The number of nitriles is 1. The molecule has 0 saturated heterocycles. The Bertz CT molecular complexity index is 564. The van der Waals surface area contributed by atoms with Crippen molar-refractivity contribution in [2.75, 3.05) is 5.73 Å². The standard InChI is InChI=1S/C11H6F2N2S/c12-8-2-1-3-9(13)10(8)7-5-16-11(15)6(7)4-14/h1-3,5H,15H2. The highest BCUT2D eigenvalue weighted by Gasteiger charge is 2.17. The molecular formula is C11H6F2N2S. The van der Waals surface area contributed by atoms with Gasteiger partial charge in [-0.2, -0.15) is 5.26 Å². The first-order valence-electron chi connectivity index (χ1n) is 4.36. The largest absolute Gasteiger partial charge is 0.389 e. The summed E-state index contributed by atoms with van der Waals surface area (Å²) in [5.74, 6) is -1.40. The van der Waals surface area contributed by atoms with Gasteiger partial charge in [0.05, 0.1) is 11.1 Å². The molecule has 1 aromatic heterocycles. The van der Waals surface area contributed by atoms with Crippen LogP contribution in [0.5, 0.6) is 0 Å². The van der Waals surface area contributed by atoms with Crippen molar-refractivity contribution in [1.82, 2.24) is 0 Å². The van der Waals surface area contributed by atoms with Gasteiger partial charge in [0.25, 0.3) is 0 Å². The molecule has 0 aliphatic carbocycles. The van der Waals surface area contributed by atoms with E-state index in [2.05, 4.69) is 0 Å².